The molecular formula is C16H13N3O4S2. The molecule has 0 bridgehead atoms. The van der Waals surface area contributed by atoms with E-state index in [2.05, 4.69) is 14.9 Å². The Labute approximate surface area is 147 Å². The fourth-order valence-electron chi connectivity index (χ4n) is 2.08. The van der Waals surface area contributed by atoms with E-state index in [-0.39, 0.29) is 15.6 Å². The molecule has 0 aliphatic carbocycles. The van der Waals surface area contributed by atoms with Crippen LogP contribution in [0.4, 0.5) is 5.69 Å². The van der Waals surface area contributed by atoms with E-state index < -0.39 is 10.0 Å². The van der Waals surface area contributed by atoms with E-state index >= 15 is 0 Å². The molecule has 2 aromatic heterocycles. The third-order valence-corrected chi connectivity index (χ3v) is 6.18. The molecule has 0 unspecified atom stereocenters. The molecule has 0 atom stereocenters. The van der Waals surface area contributed by atoms with Crippen LogP contribution in [0.2, 0.25) is 0 Å². The van der Waals surface area contributed by atoms with Gasteiger partial charge in [0.1, 0.15) is 4.21 Å². The second kappa shape index (κ2) is 6.61. The zero-order valence-corrected chi connectivity index (χ0v) is 14.6. The highest BCUT2D eigenvalue weighted by molar-refractivity contribution is 7.94. The van der Waals surface area contributed by atoms with Crippen LogP contribution in [-0.4, -0.2) is 24.4 Å². The monoisotopic (exact) mass is 375 g/mol. The number of carbonyl (C=O) groups is 1. The summed E-state index contributed by atoms with van der Waals surface area (Å²) in [6.45, 7) is 1.44. The molecule has 0 radical (unpaired) electrons. The summed E-state index contributed by atoms with van der Waals surface area (Å²) in [5.74, 6) is -0.0919. The molecule has 7 nitrogen and oxygen atoms in total. The molecule has 0 fully saturated rings. The maximum atomic E-state index is 12.5. The molecule has 9 heteroatoms. The van der Waals surface area contributed by atoms with E-state index in [1.54, 1.807) is 17.5 Å². The van der Waals surface area contributed by atoms with Crippen LogP contribution in [0.3, 0.4) is 0 Å². The lowest BCUT2D eigenvalue weighted by molar-refractivity contribution is 0.101. The molecule has 2 N–H and O–H groups in total. The van der Waals surface area contributed by atoms with Crippen molar-refractivity contribution in [2.75, 3.05) is 4.72 Å². The van der Waals surface area contributed by atoms with Gasteiger partial charge in [0.05, 0.1) is 5.69 Å². The Bertz CT molecular complexity index is 1060. The van der Waals surface area contributed by atoms with Crippen LogP contribution in [0.1, 0.15) is 17.3 Å². The fourth-order valence-corrected chi connectivity index (χ4v) is 4.31. The zero-order valence-electron chi connectivity index (χ0n) is 13.0. The van der Waals surface area contributed by atoms with Crippen LogP contribution in [0.15, 0.2) is 56.8 Å². The molecule has 1 aromatic carbocycles. The molecule has 3 aromatic rings. The summed E-state index contributed by atoms with van der Waals surface area (Å²) < 4.78 is 27.5. The van der Waals surface area contributed by atoms with Gasteiger partial charge in [0.2, 0.25) is 0 Å². The molecular weight excluding hydrogens is 362 g/mol. The van der Waals surface area contributed by atoms with Crippen molar-refractivity contribution in [2.24, 2.45) is 0 Å². The van der Waals surface area contributed by atoms with Gasteiger partial charge in [0.25, 0.3) is 15.6 Å². The van der Waals surface area contributed by atoms with Crippen molar-refractivity contribution in [2.45, 2.75) is 11.1 Å². The number of hydrogen-bond acceptors (Lipinski definition) is 6. The maximum absolute atomic E-state index is 12.5. The summed E-state index contributed by atoms with van der Waals surface area (Å²) in [6, 6.07) is 10.5. The van der Waals surface area contributed by atoms with E-state index in [4.69, 9.17) is 0 Å². The molecule has 25 heavy (non-hydrogen) atoms. The first-order valence-corrected chi connectivity index (χ1v) is 9.50. The minimum absolute atomic E-state index is 0.0919. The van der Waals surface area contributed by atoms with Crippen LogP contribution in [0.5, 0.6) is 0 Å². The highest BCUT2D eigenvalue weighted by Gasteiger charge is 2.18. The molecule has 0 spiro atoms. The average molecular weight is 375 g/mol. The number of hydrogen-bond donors (Lipinski definition) is 2. The summed E-state index contributed by atoms with van der Waals surface area (Å²) in [5, 5.41) is 7.83. The fraction of sp³-hybridized carbons (Fsp3) is 0.0625. The Morgan fingerprint density at radius 2 is 1.88 bits per heavy atom. The second-order valence-electron chi connectivity index (χ2n) is 5.20. The molecule has 0 aliphatic heterocycles. The summed E-state index contributed by atoms with van der Waals surface area (Å²) in [6.07, 6.45) is 0. The first kappa shape index (κ1) is 17.1. The van der Waals surface area contributed by atoms with Gasteiger partial charge < -0.3 is 0 Å². The highest BCUT2D eigenvalue weighted by atomic mass is 32.2. The number of aromatic nitrogens is 2. The van der Waals surface area contributed by atoms with Crippen LogP contribution >= 0.6 is 11.3 Å². The topological polar surface area (TPSA) is 109 Å². The number of Topliss-reactive ketones (excluding diaryl/α,β-unsaturated/α-hetero) is 1. The van der Waals surface area contributed by atoms with Crippen molar-refractivity contribution in [3.8, 4) is 11.3 Å². The van der Waals surface area contributed by atoms with Gasteiger partial charge in [-0.15, -0.1) is 11.3 Å². The highest BCUT2D eigenvalue weighted by Crippen LogP contribution is 2.28. The number of nitrogens with zero attached hydrogens (tertiary/aromatic N) is 1. The van der Waals surface area contributed by atoms with Gasteiger partial charge in [-0.3, -0.25) is 14.3 Å². The van der Waals surface area contributed by atoms with Gasteiger partial charge in [0, 0.05) is 28.3 Å². The Morgan fingerprint density at radius 3 is 2.48 bits per heavy atom. The molecule has 2 heterocycles. The number of sulfonamides is 1. The average Bonchev–Trinajstić information content (AvgIpc) is 3.06. The lowest BCUT2D eigenvalue weighted by atomic mass is 10.1. The first-order valence-electron chi connectivity index (χ1n) is 7.13. The van der Waals surface area contributed by atoms with Crippen molar-refractivity contribution in [1.29, 1.82) is 0 Å². The molecule has 0 aliphatic rings. The lowest BCUT2D eigenvalue weighted by Gasteiger charge is -2.06. The Hall–Kier alpha value is -2.78. The summed E-state index contributed by atoms with van der Waals surface area (Å²) in [4.78, 5) is 22.3. The summed E-state index contributed by atoms with van der Waals surface area (Å²) >= 11 is 1.05. The Balaban J connectivity index is 1.84. The Morgan fingerprint density at radius 1 is 1.16 bits per heavy atom. The van der Waals surface area contributed by atoms with E-state index in [9.17, 15) is 18.0 Å². The lowest BCUT2D eigenvalue weighted by Crippen LogP contribution is -2.11. The quantitative estimate of drug-likeness (QED) is 0.666. The van der Waals surface area contributed by atoms with Gasteiger partial charge in [0.15, 0.2) is 5.78 Å². The van der Waals surface area contributed by atoms with Crippen molar-refractivity contribution in [3.05, 3.63) is 63.8 Å². The van der Waals surface area contributed by atoms with Crippen LogP contribution in [0, 0.1) is 0 Å². The van der Waals surface area contributed by atoms with Crippen molar-refractivity contribution < 1.29 is 13.2 Å². The number of H-pyrrole nitrogens is 1. The van der Waals surface area contributed by atoms with Crippen LogP contribution in [0.25, 0.3) is 11.3 Å². The van der Waals surface area contributed by atoms with Crippen LogP contribution < -0.4 is 10.3 Å². The van der Waals surface area contributed by atoms with E-state index in [1.165, 1.54) is 37.3 Å². The smallest absolute Gasteiger partial charge is 0.271 e. The summed E-state index contributed by atoms with van der Waals surface area (Å²) in [5.41, 5.74) is 1.60. The number of nitrogens with one attached hydrogen (secondary N) is 2. The number of rotatable bonds is 5. The zero-order chi connectivity index (χ0) is 18.0. The largest absolute Gasteiger partial charge is 0.295 e. The first-order chi connectivity index (χ1) is 11.8. The SMILES string of the molecule is CC(=O)c1ccc(NS(=O)(=O)c2cc(-c3ccc(=O)[nH]n3)cs2)cc1. The Kier molecular flexibility index (Phi) is 4.51. The number of aromatic amines is 1. The van der Waals surface area contributed by atoms with Crippen molar-refractivity contribution in [3.63, 3.8) is 0 Å². The second-order valence-corrected chi connectivity index (χ2v) is 8.02. The number of thiophene rings is 1. The van der Waals surface area contributed by atoms with Crippen molar-refractivity contribution in [1.82, 2.24) is 10.2 Å². The normalized spacial score (nSPS) is 11.2. The van der Waals surface area contributed by atoms with E-state index in [1.807, 2.05) is 0 Å². The number of ketones is 1. The number of anilines is 1. The van der Waals surface area contributed by atoms with Gasteiger partial charge in [-0.25, -0.2) is 13.5 Å². The molecule has 3 rings (SSSR count). The molecule has 0 amide bonds. The standard InChI is InChI=1S/C16H13N3O4S2/c1-10(20)11-2-4-13(5-3-11)19-25(22,23)16-8-12(9-24-16)14-6-7-15(21)18-17-14/h2-9,19H,1H3,(H,18,21). The maximum Gasteiger partial charge on any atom is 0.271 e. The van der Waals surface area contributed by atoms with Gasteiger partial charge in [-0.2, -0.15) is 5.10 Å². The molecule has 128 valence electrons. The van der Waals surface area contributed by atoms with E-state index in [0.29, 0.717) is 22.5 Å². The third-order valence-electron chi connectivity index (χ3n) is 3.36. The van der Waals surface area contributed by atoms with Crippen LogP contribution in [-0.2, 0) is 10.0 Å². The van der Waals surface area contributed by atoms with Crippen molar-refractivity contribution >= 4 is 32.8 Å². The number of carbonyl (C=O) groups excluding carboxylic acids is 1. The minimum atomic E-state index is -3.76. The summed E-state index contributed by atoms with van der Waals surface area (Å²) in [7, 11) is -3.76. The van der Waals surface area contributed by atoms with Gasteiger partial charge in [-0.05, 0) is 43.3 Å². The molecule has 0 saturated heterocycles. The predicted molar refractivity (Wildman–Crippen MR) is 95.4 cm³/mol. The van der Waals surface area contributed by atoms with E-state index in [0.717, 1.165) is 11.3 Å². The number of benzene rings is 1. The van der Waals surface area contributed by atoms with Gasteiger partial charge >= 0.3 is 0 Å². The van der Waals surface area contributed by atoms with Gasteiger partial charge in [-0.1, -0.05) is 0 Å². The molecule has 0 saturated carbocycles. The third kappa shape index (κ3) is 3.83. The minimum Gasteiger partial charge on any atom is -0.295 e. The predicted octanol–water partition coefficient (Wildman–Crippen LogP) is 2.50.